The summed E-state index contributed by atoms with van der Waals surface area (Å²) in [4.78, 5) is 21.9. The van der Waals surface area contributed by atoms with Gasteiger partial charge in [-0.2, -0.15) is 0 Å². The number of carbonyl (C=O) groups is 1. The number of imidazole rings is 1. The average molecular weight is 217 g/mol. The van der Waals surface area contributed by atoms with Gasteiger partial charge in [0.1, 0.15) is 5.82 Å². The van der Waals surface area contributed by atoms with Crippen LogP contribution in [0.1, 0.15) is 21.9 Å². The third kappa shape index (κ3) is 1.79. The lowest BCUT2D eigenvalue weighted by Crippen LogP contribution is -1.98. The number of pyridine rings is 1. The third-order valence-corrected chi connectivity index (χ3v) is 2.26. The third-order valence-electron chi connectivity index (χ3n) is 2.26. The molecule has 2 heterocycles. The Labute approximate surface area is 92.2 Å². The van der Waals surface area contributed by atoms with Crippen molar-refractivity contribution in [1.82, 2.24) is 15.0 Å². The Morgan fingerprint density at radius 2 is 2.19 bits per heavy atom. The second-order valence-corrected chi connectivity index (χ2v) is 3.55. The molecule has 2 rings (SSSR count). The summed E-state index contributed by atoms with van der Waals surface area (Å²) >= 11 is 0. The lowest BCUT2D eigenvalue weighted by molar-refractivity contribution is 0.0690. The van der Waals surface area contributed by atoms with Gasteiger partial charge in [-0.25, -0.2) is 9.78 Å². The van der Waals surface area contributed by atoms with Gasteiger partial charge in [0, 0.05) is 23.1 Å². The Morgan fingerprint density at radius 3 is 2.75 bits per heavy atom. The van der Waals surface area contributed by atoms with E-state index in [1.165, 1.54) is 0 Å². The van der Waals surface area contributed by atoms with Gasteiger partial charge in [0.25, 0.3) is 0 Å². The maximum absolute atomic E-state index is 10.8. The topological polar surface area (TPSA) is 78.9 Å². The number of aromatic carboxylic acids is 1. The molecule has 16 heavy (non-hydrogen) atoms. The number of hydrogen-bond acceptors (Lipinski definition) is 3. The smallest absolute Gasteiger partial charge is 0.356 e. The largest absolute Gasteiger partial charge is 0.476 e. The van der Waals surface area contributed by atoms with Crippen LogP contribution in [0.2, 0.25) is 0 Å². The highest BCUT2D eigenvalue weighted by Crippen LogP contribution is 2.17. The molecule has 0 amide bonds. The highest BCUT2D eigenvalue weighted by Gasteiger charge is 2.14. The first-order chi connectivity index (χ1) is 7.58. The summed E-state index contributed by atoms with van der Waals surface area (Å²) < 4.78 is 0. The standard InChI is InChI=1S/C11H11N3O2/c1-6-5-8(3-4-12-6)10-13-7(2)9(14-10)11(15)16/h3-5H,1-2H3,(H,13,14)(H,15,16). The molecule has 0 aromatic carbocycles. The van der Waals surface area contributed by atoms with Crippen LogP contribution in [0.5, 0.6) is 0 Å². The van der Waals surface area contributed by atoms with Crippen molar-refractivity contribution in [2.45, 2.75) is 13.8 Å². The Hall–Kier alpha value is -2.17. The molecule has 5 heteroatoms. The quantitative estimate of drug-likeness (QED) is 0.803. The molecule has 2 N–H and O–H groups in total. The number of H-pyrrole nitrogens is 1. The van der Waals surface area contributed by atoms with Crippen molar-refractivity contribution < 1.29 is 9.90 Å². The zero-order valence-corrected chi connectivity index (χ0v) is 8.98. The van der Waals surface area contributed by atoms with Gasteiger partial charge in [-0.05, 0) is 26.0 Å². The fraction of sp³-hybridized carbons (Fsp3) is 0.182. The maximum Gasteiger partial charge on any atom is 0.356 e. The molecule has 0 aliphatic heterocycles. The van der Waals surface area contributed by atoms with Crippen LogP contribution in [0.4, 0.5) is 0 Å². The number of nitrogens with one attached hydrogen (secondary N) is 1. The lowest BCUT2D eigenvalue weighted by Gasteiger charge is -1.96. The Kier molecular flexibility index (Phi) is 2.44. The average Bonchev–Trinajstić information content (AvgIpc) is 2.60. The second-order valence-electron chi connectivity index (χ2n) is 3.55. The SMILES string of the molecule is Cc1cc(-c2nc(C(=O)O)c(C)[nH]2)ccn1. The molecule has 0 spiro atoms. The molecule has 0 radical (unpaired) electrons. The van der Waals surface area contributed by atoms with Crippen LogP contribution >= 0.6 is 0 Å². The zero-order valence-electron chi connectivity index (χ0n) is 8.98. The van der Waals surface area contributed by atoms with E-state index in [1.807, 2.05) is 13.0 Å². The van der Waals surface area contributed by atoms with Gasteiger partial charge < -0.3 is 10.1 Å². The highest BCUT2D eigenvalue weighted by atomic mass is 16.4. The monoisotopic (exact) mass is 217 g/mol. The van der Waals surface area contributed by atoms with Crippen LogP contribution in [-0.4, -0.2) is 26.0 Å². The minimum Gasteiger partial charge on any atom is -0.476 e. The molecule has 2 aromatic heterocycles. The predicted molar refractivity (Wildman–Crippen MR) is 58.3 cm³/mol. The molecule has 0 bridgehead atoms. The number of hydrogen-bond donors (Lipinski definition) is 2. The number of aromatic nitrogens is 3. The van der Waals surface area contributed by atoms with Gasteiger partial charge in [-0.15, -0.1) is 0 Å². The van der Waals surface area contributed by atoms with Crippen molar-refractivity contribution in [3.8, 4) is 11.4 Å². The van der Waals surface area contributed by atoms with E-state index >= 15 is 0 Å². The zero-order chi connectivity index (χ0) is 11.7. The molecule has 5 nitrogen and oxygen atoms in total. The van der Waals surface area contributed by atoms with Crippen molar-refractivity contribution in [1.29, 1.82) is 0 Å². The minimum absolute atomic E-state index is 0.0597. The normalized spacial score (nSPS) is 10.4. The number of carboxylic acid groups (broad SMARTS) is 1. The maximum atomic E-state index is 10.8. The minimum atomic E-state index is -1.02. The molecule has 0 fully saturated rings. The molecule has 0 aliphatic carbocycles. The van der Waals surface area contributed by atoms with Crippen LogP contribution in [-0.2, 0) is 0 Å². The van der Waals surface area contributed by atoms with Gasteiger partial charge in [0.15, 0.2) is 5.69 Å². The van der Waals surface area contributed by atoms with E-state index in [1.54, 1.807) is 19.2 Å². The number of nitrogens with zero attached hydrogens (tertiary/aromatic N) is 2. The van der Waals surface area contributed by atoms with Gasteiger partial charge >= 0.3 is 5.97 Å². The first kappa shape index (κ1) is 10.4. The molecular weight excluding hydrogens is 206 g/mol. The van der Waals surface area contributed by atoms with Crippen LogP contribution in [0.3, 0.4) is 0 Å². The molecule has 0 saturated carbocycles. The molecule has 2 aromatic rings. The van der Waals surface area contributed by atoms with Crippen LogP contribution < -0.4 is 0 Å². The molecule has 0 aliphatic rings. The first-order valence-corrected chi connectivity index (χ1v) is 4.81. The fourth-order valence-electron chi connectivity index (χ4n) is 1.50. The van der Waals surface area contributed by atoms with E-state index in [9.17, 15) is 4.79 Å². The van der Waals surface area contributed by atoms with E-state index in [0.717, 1.165) is 11.3 Å². The molecule has 0 saturated heterocycles. The number of rotatable bonds is 2. The van der Waals surface area contributed by atoms with Gasteiger partial charge in [0.2, 0.25) is 0 Å². The highest BCUT2D eigenvalue weighted by molar-refractivity contribution is 5.87. The summed E-state index contributed by atoms with van der Waals surface area (Å²) in [6, 6.07) is 3.64. The fourth-order valence-corrected chi connectivity index (χ4v) is 1.50. The number of aryl methyl sites for hydroxylation is 2. The van der Waals surface area contributed by atoms with Crippen molar-refractivity contribution in [3.05, 3.63) is 35.4 Å². The second kappa shape index (κ2) is 3.77. The Morgan fingerprint density at radius 1 is 1.44 bits per heavy atom. The van der Waals surface area contributed by atoms with Crippen molar-refractivity contribution in [2.24, 2.45) is 0 Å². The summed E-state index contributed by atoms with van der Waals surface area (Å²) in [5.74, 6) is -0.467. The van der Waals surface area contributed by atoms with Crippen molar-refractivity contribution in [3.63, 3.8) is 0 Å². The summed E-state index contributed by atoms with van der Waals surface area (Å²) in [7, 11) is 0. The van der Waals surface area contributed by atoms with E-state index in [2.05, 4.69) is 15.0 Å². The summed E-state index contributed by atoms with van der Waals surface area (Å²) in [5.41, 5.74) is 2.31. The van der Waals surface area contributed by atoms with Crippen LogP contribution in [0.15, 0.2) is 18.3 Å². The summed E-state index contributed by atoms with van der Waals surface area (Å²) in [6.07, 6.45) is 1.67. The van der Waals surface area contributed by atoms with Crippen molar-refractivity contribution in [2.75, 3.05) is 0 Å². The van der Waals surface area contributed by atoms with Gasteiger partial charge in [-0.3, -0.25) is 4.98 Å². The molecule has 0 unspecified atom stereocenters. The summed E-state index contributed by atoms with van der Waals surface area (Å²) in [6.45, 7) is 3.56. The van der Waals surface area contributed by atoms with Crippen LogP contribution in [0.25, 0.3) is 11.4 Å². The predicted octanol–water partition coefficient (Wildman–Crippen LogP) is 1.79. The Balaban J connectivity index is 2.49. The summed E-state index contributed by atoms with van der Waals surface area (Å²) in [5, 5.41) is 8.89. The van der Waals surface area contributed by atoms with Crippen LogP contribution in [0, 0.1) is 13.8 Å². The first-order valence-electron chi connectivity index (χ1n) is 4.81. The van der Waals surface area contributed by atoms with E-state index < -0.39 is 5.97 Å². The number of aromatic amines is 1. The van der Waals surface area contributed by atoms with Gasteiger partial charge in [-0.1, -0.05) is 0 Å². The van der Waals surface area contributed by atoms with E-state index in [-0.39, 0.29) is 5.69 Å². The molecular formula is C11H11N3O2. The lowest BCUT2D eigenvalue weighted by atomic mass is 10.2. The van der Waals surface area contributed by atoms with Crippen molar-refractivity contribution >= 4 is 5.97 Å². The van der Waals surface area contributed by atoms with E-state index in [0.29, 0.717) is 11.5 Å². The van der Waals surface area contributed by atoms with E-state index in [4.69, 9.17) is 5.11 Å². The van der Waals surface area contributed by atoms with Gasteiger partial charge in [0.05, 0.1) is 0 Å². The Bertz CT molecular complexity index is 546. The molecule has 0 atom stereocenters. The number of carboxylic acids is 1. The molecule has 82 valence electrons.